The molecule has 1 aromatic carbocycles. The van der Waals surface area contributed by atoms with Crippen LogP contribution in [0.15, 0.2) is 36.5 Å². The van der Waals surface area contributed by atoms with Crippen molar-refractivity contribution >= 4 is 16.9 Å². The van der Waals surface area contributed by atoms with Crippen molar-refractivity contribution in [3.63, 3.8) is 0 Å². The largest absolute Gasteiger partial charge is 0.389 e. The molecule has 0 saturated heterocycles. The summed E-state index contributed by atoms with van der Waals surface area (Å²) in [5.41, 5.74) is 0.955. The second-order valence-corrected chi connectivity index (χ2v) is 5.82. The maximum Gasteiger partial charge on any atom is 0.317 e. The standard InChI is InChI=1S/C16H21N3O2/c1-16(2,21)11-19(3)15(20)18-10-13-7-4-6-12-8-5-9-17-14(12)13/h4-9,21H,10-11H2,1-3H3,(H,18,20). The fourth-order valence-electron chi connectivity index (χ4n) is 2.27. The van der Waals surface area contributed by atoms with Crippen LogP contribution in [0, 0.1) is 0 Å². The summed E-state index contributed by atoms with van der Waals surface area (Å²) >= 11 is 0. The Hall–Kier alpha value is -2.14. The zero-order valence-corrected chi connectivity index (χ0v) is 12.6. The lowest BCUT2D eigenvalue weighted by atomic mass is 10.1. The number of nitrogens with one attached hydrogen (secondary N) is 1. The van der Waals surface area contributed by atoms with E-state index >= 15 is 0 Å². The van der Waals surface area contributed by atoms with Gasteiger partial charge in [0.1, 0.15) is 0 Å². The predicted molar refractivity (Wildman–Crippen MR) is 82.9 cm³/mol. The van der Waals surface area contributed by atoms with E-state index in [1.807, 2.05) is 30.3 Å². The minimum atomic E-state index is -0.910. The van der Waals surface area contributed by atoms with E-state index in [0.717, 1.165) is 16.5 Å². The molecule has 1 heterocycles. The summed E-state index contributed by atoms with van der Waals surface area (Å²) in [5.74, 6) is 0. The number of rotatable bonds is 4. The van der Waals surface area contributed by atoms with Crippen LogP contribution in [0.25, 0.3) is 10.9 Å². The Labute approximate surface area is 124 Å². The van der Waals surface area contributed by atoms with Crippen LogP contribution in [-0.4, -0.2) is 40.2 Å². The summed E-state index contributed by atoms with van der Waals surface area (Å²) in [7, 11) is 1.66. The van der Waals surface area contributed by atoms with Gasteiger partial charge in [0.25, 0.3) is 0 Å². The third-order valence-corrected chi connectivity index (χ3v) is 3.12. The minimum Gasteiger partial charge on any atom is -0.389 e. The molecule has 2 aromatic rings. The number of para-hydroxylation sites is 1. The first-order chi connectivity index (χ1) is 9.87. The number of carbonyl (C=O) groups is 1. The molecule has 0 atom stereocenters. The Balaban J connectivity index is 2.03. The van der Waals surface area contributed by atoms with Gasteiger partial charge in [-0.15, -0.1) is 0 Å². The number of urea groups is 1. The normalized spacial score (nSPS) is 11.4. The third kappa shape index (κ3) is 4.16. The van der Waals surface area contributed by atoms with E-state index in [-0.39, 0.29) is 12.6 Å². The molecule has 2 amide bonds. The van der Waals surface area contributed by atoms with E-state index in [9.17, 15) is 9.90 Å². The number of benzene rings is 1. The van der Waals surface area contributed by atoms with Crippen molar-refractivity contribution in [3.8, 4) is 0 Å². The second kappa shape index (κ2) is 6.10. The molecule has 0 saturated carbocycles. The van der Waals surface area contributed by atoms with Crippen molar-refractivity contribution in [3.05, 3.63) is 42.1 Å². The maximum atomic E-state index is 12.0. The van der Waals surface area contributed by atoms with Gasteiger partial charge >= 0.3 is 6.03 Å². The van der Waals surface area contributed by atoms with Crippen molar-refractivity contribution in [2.45, 2.75) is 26.0 Å². The van der Waals surface area contributed by atoms with Crippen LogP contribution in [0.2, 0.25) is 0 Å². The van der Waals surface area contributed by atoms with E-state index in [2.05, 4.69) is 10.3 Å². The smallest absolute Gasteiger partial charge is 0.317 e. The van der Waals surface area contributed by atoms with Gasteiger partial charge in [-0.25, -0.2) is 4.79 Å². The minimum absolute atomic E-state index is 0.218. The second-order valence-electron chi connectivity index (χ2n) is 5.82. The van der Waals surface area contributed by atoms with E-state index in [4.69, 9.17) is 0 Å². The Bertz CT molecular complexity index is 629. The van der Waals surface area contributed by atoms with Gasteiger partial charge in [0.15, 0.2) is 0 Å². The molecular formula is C16H21N3O2. The Kier molecular flexibility index (Phi) is 4.43. The zero-order chi connectivity index (χ0) is 15.5. The number of aliphatic hydroxyl groups is 1. The van der Waals surface area contributed by atoms with Crippen LogP contribution in [0.4, 0.5) is 4.79 Å². The number of pyridine rings is 1. The zero-order valence-electron chi connectivity index (χ0n) is 12.6. The van der Waals surface area contributed by atoms with Crippen molar-refractivity contribution in [1.29, 1.82) is 0 Å². The third-order valence-electron chi connectivity index (χ3n) is 3.12. The summed E-state index contributed by atoms with van der Waals surface area (Å²) in [6.07, 6.45) is 1.74. The lowest BCUT2D eigenvalue weighted by Crippen LogP contribution is -2.44. The number of likely N-dealkylation sites (N-methyl/N-ethyl adjacent to an activating group) is 1. The number of nitrogens with zero attached hydrogens (tertiary/aromatic N) is 2. The average Bonchev–Trinajstić information content (AvgIpc) is 2.42. The molecule has 0 spiro atoms. The highest BCUT2D eigenvalue weighted by Gasteiger charge is 2.19. The number of hydrogen-bond acceptors (Lipinski definition) is 3. The Morgan fingerprint density at radius 2 is 2.05 bits per heavy atom. The monoisotopic (exact) mass is 287 g/mol. The highest BCUT2D eigenvalue weighted by molar-refractivity contribution is 5.82. The van der Waals surface area contributed by atoms with Crippen LogP contribution < -0.4 is 5.32 Å². The van der Waals surface area contributed by atoms with E-state index in [1.165, 1.54) is 4.90 Å². The molecule has 0 aliphatic heterocycles. The topological polar surface area (TPSA) is 65.5 Å². The summed E-state index contributed by atoms with van der Waals surface area (Å²) in [4.78, 5) is 17.8. The van der Waals surface area contributed by atoms with Gasteiger partial charge in [0.2, 0.25) is 0 Å². The van der Waals surface area contributed by atoms with Crippen molar-refractivity contribution in [2.24, 2.45) is 0 Å². The molecule has 0 aliphatic carbocycles. The van der Waals surface area contributed by atoms with E-state index in [1.54, 1.807) is 27.1 Å². The first-order valence-corrected chi connectivity index (χ1v) is 6.91. The number of carbonyl (C=O) groups excluding carboxylic acids is 1. The Morgan fingerprint density at radius 1 is 1.33 bits per heavy atom. The van der Waals surface area contributed by atoms with Gasteiger partial charge in [0.05, 0.1) is 17.7 Å². The van der Waals surface area contributed by atoms with Crippen LogP contribution in [0.3, 0.4) is 0 Å². The lowest BCUT2D eigenvalue weighted by molar-refractivity contribution is 0.0531. The Morgan fingerprint density at radius 3 is 2.76 bits per heavy atom. The maximum absolute atomic E-state index is 12.0. The van der Waals surface area contributed by atoms with Crippen molar-refractivity contribution in [1.82, 2.24) is 15.2 Å². The highest BCUT2D eigenvalue weighted by atomic mass is 16.3. The fourth-order valence-corrected chi connectivity index (χ4v) is 2.27. The van der Waals surface area contributed by atoms with E-state index < -0.39 is 5.60 Å². The molecule has 0 bridgehead atoms. The number of aromatic nitrogens is 1. The van der Waals surface area contributed by atoms with Gasteiger partial charge < -0.3 is 15.3 Å². The van der Waals surface area contributed by atoms with Gasteiger partial charge in [-0.2, -0.15) is 0 Å². The molecule has 0 unspecified atom stereocenters. The molecule has 0 aliphatic rings. The lowest BCUT2D eigenvalue weighted by Gasteiger charge is -2.25. The quantitative estimate of drug-likeness (QED) is 0.905. The van der Waals surface area contributed by atoms with Gasteiger partial charge in [-0.1, -0.05) is 24.3 Å². The average molecular weight is 287 g/mol. The van der Waals surface area contributed by atoms with Crippen molar-refractivity contribution < 1.29 is 9.90 Å². The summed E-state index contributed by atoms with van der Waals surface area (Å²) in [5, 5.41) is 13.6. The number of amides is 2. The summed E-state index contributed by atoms with van der Waals surface area (Å²) < 4.78 is 0. The molecule has 0 radical (unpaired) electrons. The van der Waals surface area contributed by atoms with Crippen LogP contribution in [0.5, 0.6) is 0 Å². The van der Waals surface area contributed by atoms with Gasteiger partial charge in [-0.3, -0.25) is 4.98 Å². The molecule has 112 valence electrons. The molecule has 21 heavy (non-hydrogen) atoms. The van der Waals surface area contributed by atoms with Gasteiger partial charge in [0, 0.05) is 25.2 Å². The van der Waals surface area contributed by atoms with Gasteiger partial charge in [-0.05, 0) is 25.5 Å². The van der Waals surface area contributed by atoms with E-state index in [0.29, 0.717) is 6.54 Å². The van der Waals surface area contributed by atoms with Crippen LogP contribution in [-0.2, 0) is 6.54 Å². The fraction of sp³-hybridized carbons (Fsp3) is 0.375. The number of fused-ring (bicyclic) bond motifs is 1. The molecular weight excluding hydrogens is 266 g/mol. The predicted octanol–water partition coefficient (Wildman–Crippen LogP) is 2.15. The SMILES string of the molecule is CN(CC(C)(C)O)C(=O)NCc1cccc2cccnc12. The molecule has 2 rings (SSSR count). The van der Waals surface area contributed by atoms with Crippen LogP contribution in [0.1, 0.15) is 19.4 Å². The molecule has 5 heteroatoms. The molecule has 5 nitrogen and oxygen atoms in total. The highest BCUT2D eigenvalue weighted by Crippen LogP contribution is 2.15. The van der Waals surface area contributed by atoms with Crippen molar-refractivity contribution in [2.75, 3.05) is 13.6 Å². The molecule has 0 fully saturated rings. The molecule has 2 N–H and O–H groups in total. The molecule has 1 aromatic heterocycles. The first kappa shape index (κ1) is 15.3. The summed E-state index contributed by atoms with van der Waals surface area (Å²) in [6.45, 7) is 4.02. The first-order valence-electron chi connectivity index (χ1n) is 6.91. The summed E-state index contributed by atoms with van der Waals surface area (Å²) in [6, 6.07) is 9.56. The van der Waals surface area contributed by atoms with Crippen LogP contribution >= 0.6 is 0 Å². The number of hydrogen-bond donors (Lipinski definition) is 2.